The van der Waals surface area contributed by atoms with Gasteiger partial charge in [0.15, 0.2) is 0 Å². The topological polar surface area (TPSA) is 64.1 Å². The number of nitrogens with one attached hydrogen (secondary N) is 1. The van der Waals surface area contributed by atoms with Gasteiger partial charge < -0.3 is 10.1 Å². The van der Waals surface area contributed by atoms with Gasteiger partial charge in [0.1, 0.15) is 5.82 Å². The minimum Gasteiger partial charge on any atom is -0.463 e. The summed E-state index contributed by atoms with van der Waals surface area (Å²) in [6.07, 6.45) is 5.41. The van der Waals surface area contributed by atoms with Crippen molar-refractivity contribution >= 4 is 11.8 Å². The van der Waals surface area contributed by atoms with E-state index in [2.05, 4.69) is 26.9 Å². The standard InChI is InChI=1S/C13H19N3O2/c1-9-3-4-10(7-9)8-15-11-5-6-14-12(16-11)13(17)18-2/h5-6,9-10H,3-4,7-8H2,1-2H3,(H,14,15,16). The Kier molecular flexibility index (Phi) is 4.12. The zero-order valence-corrected chi connectivity index (χ0v) is 10.8. The third kappa shape index (κ3) is 3.18. The van der Waals surface area contributed by atoms with Gasteiger partial charge >= 0.3 is 5.97 Å². The highest BCUT2D eigenvalue weighted by molar-refractivity contribution is 5.85. The van der Waals surface area contributed by atoms with Crippen molar-refractivity contribution in [3.05, 3.63) is 18.1 Å². The first-order chi connectivity index (χ1) is 8.69. The average Bonchev–Trinajstić information content (AvgIpc) is 2.81. The molecule has 1 fully saturated rings. The number of carbonyl (C=O) groups is 1. The van der Waals surface area contributed by atoms with Gasteiger partial charge in [-0.15, -0.1) is 0 Å². The van der Waals surface area contributed by atoms with E-state index in [-0.39, 0.29) is 5.82 Å². The van der Waals surface area contributed by atoms with Crippen LogP contribution in [0.4, 0.5) is 5.82 Å². The summed E-state index contributed by atoms with van der Waals surface area (Å²) in [5, 5.41) is 3.27. The minimum atomic E-state index is -0.506. The van der Waals surface area contributed by atoms with Gasteiger partial charge in [0, 0.05) is 12.7 Å². The van der Waals surface area contributed by atoms with E-state index < -0.39 is 5.97 Å². The Morgan fingerprint density at radius 1 is 1.56 bits per heavy atom. The molecular formula is C13H19N3O2. The molecule has 5 nitrogen and oxygen atoms in total. The van der Waals surface area contributed by atoms with Crippen LogP contribution < -0.4 is 5.32 Å². The Morgan fingerprint density at radius 2 is 2.39 bits per heavy atom. The highest BCUT2D eigenvalue weighted by Gasteiger charge is 2.21. The van der Waals surface area contributed by atoms with Crippen molar-refractivity contribution in [1.29, 1.82) is 0 Å². The lowest BCUT2D eigenvalue weighted by molar-refractivity contribution is 0.0587. The molecule has 1 aromatic rings. The molecule has 1 heterocycles. The molecule has 1 saturated carbocycles. The number of nitrogens with zero attached hydrogens (tertiary/aromatic N) is 2. The van der Waals surface area contributed by atoms with Crippen LogP contribution in [0.3, 0.4) is 0 Å². The van der Waals surface area contributed by atoms with E-state index in [4.69, 9.17) is 0 Å². The molecule has 1 aliphatic rings. The number of methoxy groups -OCH3 is 1. The van der Waals surface area contributed by atoms with Crippen LogP contribution >= 0.6 is 0 Å². The first-order valence-electron chi connectivity index (χ1n) is 6.34. The smallest absolute Gasteiger partial charge is 0.376 e. The molecule has 0 aliphatic heterocycles. The zero-order chi connectivity index (χ0) is 13.0. The van der Waals surface area contributed by atoms with E-state index in [0.29, 0.717) is 11.7 Å². The molecule has 2 atom stereocenters. The molecule has 2 unspecified atom stereocenters. The Hall–Kier alpha value is -1.65. The van der Waals surface area contributed by atoms with Crippen LogP contribution in [0.1, 0.15) is 36.8 Å². The second kappa shape index (κ2) is 5.80. The number of hydrogen-bond donors (Lipinski definition) is 1. The van der Waals surface area contributed by atoms with Crippen LogP contribution in [-0.2, 0) is 4.74 Å². The second-order valence-corrected chi connectivity index (χ2v) is 4.92. The maximum Gasteiger partial charge on any atom is 0.376 e. The fourth-order valence-electron chi connectivity index (χ4n) is 2.41. The van der Waals surface area contributed by atoms with Crippen molar-refractivity contribution < 1.29 is 9.53 Å². The highest BCUT2D eigenvalue weighted by Crippen LogP contribution is 2.30. The largest absolute Gasteiger partial charge is 0.463 e. The predicted octanol–water partition coefficient (Wildman–Crippen LogP) is 2.11. The van der Waals surface area contributed by atoms with Gasteiger partial charge in [0.25, 0.3) is 0 Å². The Bertz CT molecular complexity index is 422. The van der Waals surface area contributed by atoms with Crippen molar-refractivity contribution in [2.45, 2.75) is 26.2 Å². The summed E-state index contributed by atoms with van der Waals surface area (Å²) < 4.78 is 4.59. The molecule has 2 rings (SSSR count). The number of esters is 1. The molecule has 1 N–H and O–H groups in total. The summed E-state index contributed by atoms with van der Waals surface area (Å²) >= 11 is 0. The summed E-state index contributed by atoms with van der Waals surface area (Å²) in [6.45, 7) is 3.20. The van der Waals surface area contributed by atoms with Gasteiger partial charge in [-0.3, -0.25) is 0 Å². The van der Waals surface area contributed by atoms with Gasteiger partial charge in [0.2, 0.25) is 5.82 Å². The molecule has 1 aliphatic carbocycles. The molecule has 0 aromatic carbocycles. The van der Waals surface area contributed by atoms with E-state index in [1.54, 1.807) is 12.3 Å². The van der Waals surface area contributed by atoms with Gasteiger partial charge in [-0.25, -0.2) is 14.8 Å². The normalized spacial score (nSPS) is 22.8. The quantitative estimate of drug-likeness (QED) is 0.828. The maximum absolute atomic E-state index is 11.3. The third-order valence-electron chi connectivity index (χ3n) is 3.40. The Labute approximate surface area is 107 Å². The lowest BCUT2D eigenvalue weighted by atomic mass is 10.1. The first-order valence-corrected chi connectivity index (χ1v) is 6.34. The summed E-state index contributed by atoms with van der Waals surface area (Å²) in [7, 11) is 1.33. The van der Waals surface area contributed by atoms with E-state index in [0.717, 1.165) is 12.5 Å². The summed E-state index contributed by atoms with van der Waals surface area (Å²) in [5.41, 5.74) is 0. The summed E-state index contributed by atoms with van der Waals surface area (Å²) in [5.74, 6) is 1.81. The summed E-state index contributed by atoms with van der Waals surface area (Å²) in [4.78, 5) is 19.3. The lowest BCUT2D eigenvalue weighted by Gasteiger charge is -2.11. The molecule has 0 amide bonds. The average molecular weight is 249 g/mol. The molecule has 18 heavy (non-hydrogen) atoms. The number of carbonyl (C=O) groups excluding carboxylic acids is 1. The zero-order valence-electron chi connectivity index (χ0n) is 10.8. The van der Waals surface area contributed by atoms with E-state index in [1.807, 2.05) is 0 Å². The van der Waals surface area contributed by atoms with E-state index >= 15 is 0 Å². The van der Waals surface area contributed by atoms with Gasteiger partial charge in [-0.05, 0) is 30.7 Å². The molecule has 0 bridgehead atoms. The summed E-state index contributed by atoms with van der Waals surface area (Å²) in [6, 6.07) is 1.77. The van der Waals surface area contributed by atoms with Crippen LogP contribution in [0.2, 0.25) is 0 Å². The van der Waals surface area contributed by atoms with Crippen molar-refractivity contribution in [2.24, 2.45) is 11.8 Å². The lowest BCUT2D eigenvalue weighted by Crippen LogP contribution is -2.14. The van der Waals surface area contributed by atoms with Crippen LogP contribution in [0, 0.1) is 11.8 Å². The Balaban J connectivity index is 1.91. The molecule has 0 spiro atoms. The molecule has 0 saturated heterocycles. The van der Waals surface area contributed by atoms with Crippen molar-refractivity contribution in [3.8, 4) is 0 Å². The number of ether oxygens (including phenoxy) is 1. The molecule has 1 aromatic heterocycles. The Morgan fingerprint density at radius 3 is 3.06 bits per heavy atom. The number of hydrogen-bond acceptors (Lipinski definition) is 5. The van der Waals surface area contributed by atoms with Gasteiger partial charge in [-0.2, -0.15) is 0 Å². The number of rotatable bonds is 4. The third-order valence-corrected chi connectivity index (χ3v) is 3.40. The number of anilines is 1. The molecule has 98 valence electrons. The minimum absolute atomic E-state index is 0.0993. The van der Waals surface area contributed by atoms with E-state index in [9.17, 15) is 4.79 Å². The monoisotopic (exact) mass is 249 g/mol. The highest BCUT2D eigenvalue weighted by atomic mass is 16.5. The van der Waals surface area contributed by atoms with Crippen molar-refractivity contribution in [3.63, 3.8) is 0 Å². The van der Waals surface area contributed by atoms with Gasteiger partial charge in [-0.1, -0.05) is 13.3 Å². The van der Waals surface area contributed by atoms with Gasteiger partial charge in [0.05, 0.1) is 7.11 Å². The fourth-order valence-corrected chi connectivity index (χ4v) is 2.41. The fraction of sp³-hybridized carbons (Fsp3) is 0.615. The SMILES string of the molecule is COC(=O)c1nccc(NCC2CCC(C)C2)n1. The maximum atomic E-state index is 11.3. The first kappa shape index (κ1) is 12.8. The molecule has 5 heteroatoms. The number of aromatic nitrogens is 2. The van der Waals surface area contributed by atoms with Crippen molar-refractivity contribution in [1.82, 2.24) is 9.97 Å². The predicted molar refractivity (Wildman–Crippen MR) is 68.4 cm³/mol. The van der Waals surface area contributed by atoms with Crippen molar-refractivity contribution in [2.75, 3.05) is 19.0 Å². The van der Waals surface area contributed by atoms with Crippen LogP contribution in [0.25, 0.3) is 0 Å². The molecule has 0 radical (unpaired) electrons. The molecular weight excluding hydrogens is 230 g/mol. The second-order valence-electron chi connectivity index (χ2n) is 4.92. The van der Waals surface area contributed by atoms with Crippen LogP contribution in [-0.4, -0.2) is 29.6 Å². The van der Waals surface area contributed by atoms with Crippen LogP contribution in [0.5, 0.6) is 0 Å². The van der Waals surface area contributed by atoms with Crippen LogP contribution in [0.15, 0.2) is 12.3 Å². The van der Waals surface area contributed by atoms with E-state index in [1.165, 1.54) is 26.4 Å².